The summed E-state index contributed by atoms with van der Waals surface area (Å²) >= 11 is 0. The van der Waals surface area contributed by atoms with E-state index in [-0.39, 0.29) is 10.9 Å². The first-order chi connectivity index (χ1) is 19.2. The number of benzene rings is 2. The summed E-state index contributed by atoms with van der Waals surface area (Å²) in [5, 5.41) is 1.16. The van der Waals surface area contributed by atoms with Gasteiger partial charge in [-0.15, -0.1) is 0 Å². The summed E-state index contributed by atoms with van der Waals surface area (Å²) in [6.07, 6.45) is 15.6. The average Bonchev–Trinajstić information content (AvgIpc) is 3.26. The number of anilines is 1. The number of allylic oxidation sites excluding steroid dienone is 4. The van der Waals surface area contributed by atoms with Crippen LogP contribution < -0.4 is 30.4 Å². The van der Waals surface area contributed by atoms with Crippen molar-refractivity contribution in [3.63, 3.8) is 0 Å². The summed E-state index contributed by atoms with van der Waals surface area (Å²) in [4.78, 5) is 15.0. The number of hydrogen-bond donors (Lipinski definition) is 0. The van der Waals surface area contributed by atoms with Gasteiger partial charge in [0.25, 0.3) is 0 Å². The number of pyridine rings is 1. The lowest BCUT2D eigenvalue weighted by Crippen LogP contribution is -2.48. The van der Waals surface area contributed by atoms with E-state index in [1.54, 1.807) is 24.3 Å². The zero-order valence-corrected chi connectivity index (χ0v) is 23.7. The van der Waals surface area contributed by atoms with Crippen LogP contribution in [0.4, 0.5) is 5.69 Å². The first kappa shape index (κ1) is 27.0. The van der Waals surface area contributed by atoms with Crippen LogP contribution in [0.15, 0.2) is 94.4 Å². The van der Waals surface area contributed by atoms with Crippen LogP contribution in [-0.2, 0) is 16.6 Å². The fourth-order valence-corrected chi connectivity index (χ4v) is 5.21. The summed E-state index contributed by atoms with van der Waals surface area (Å²) < 4.78 is 35.1. The van der Waals surface area contributed by atoms with Gasteiger partial charge in [0.05, 0.1) is 11.6 Å². The van der Waals surface area contributed by atoms with Gasteiger partial charge in [0.15, 0.2) is 11.5 Å². The predicted molar refractivity (Wildman–Crippen MR) is 161 cm³/mol. The van der Waals surface area contributed by atoms with Gasteiger partial charge in [0.2, 0.25) is 21.1 Å². The Bertz CT molecular complexity index is 1980. The van der Waals surface area contributed by atoms with E-state index in [1.807, 2.05) is 79.0 Å². The standard InChI is InChI=1S/C31H31N4O4S/c1-5-34-22-20-23(26-13-7-9-15-28(26)34)11-10-16-30-35(33(3)40(4,37)38)29(31(36)39-30)18-17-24-19-21-32(2)27-14-8-6-12-25(24)27/h6-22H,5H2,1-4H3/q+1. The molecule has 9 heteroatoms. The molecule has 8 nitrogen and oxygen atoms in total. The molecule has 0 atom stereocenters. The Labute approximate surface area is 233 Å². The number of aromatic nitrogens is 2. The number of hydrogen-bond acceptors (Lipinski definition) is 5. The molecule has 204 valence electrons. The minimum atomic E-state index is -3.71. The third kappa shape index (κ3) is 5.15. The van der Waals surface area contributed by atoms with Gasteiger partial charge in [0.1, 0.15) is 6.54 Å². The third-order valence-electron chi connectivity index (χ3n) is 6.91. The van der Waals surface area contributed by atoms with Crippen LogP contribution in [0.1, 0.15) is 18.1 Å². The van der Waals surface area contributed by atoms with Crippen LogP contribution in [0.2, 0.25) is 0 Å². The summed E-state index contributed by atoms with van der Waals surface area (Å²) in [7, 11) is -0.363. The van der Waals surface area contributed by atoms with Crippen molar-refractivity contribution in [2.75, 3.05) is 29.7 Å². The number of aryl methyl sites for hydroxylation is 1. The van der Waals surface area contributed by atoms with Crippen molar-refractivity contribution in [1.82, 2.24) is 4.68 Å². The molecular weight excluding hydrogens is 524 g/mol. The second kappa shape index (κ2) is 10.9. The van der Waals surface area contributed by atoms with Crippen LogP contribution >= 0.6 is 0 Å². The number of sulfonamides is 1. The minimum absolute atomic E-state index is 0.0824. The van der Waals surface area contributed by atoms with Gasteiger partial charge in [0, 0.05) is 49.8 Å². The van der Waals surface area contributed by atoms with Gasteiger partial charge in [-0.05, 0) is 42.3 Å². The lowest BCUT2D eigenvalue weighted by atomic mass is 10.00. The normalized spacial score (nSPS) is 15.5. The average molecular weight is 556 g/mol. The Morgan fingerprint density at radius 3 is 2.55 bits per heavy atom. The highest BCUT2D eigenvalue weighted by molar-refractivity contribution is 7.91. The minimum Gasteiger partial charge on any atom is -0.403 e. The number of nitrogens with zero attached hydrogens (tertiary/aromatic N) is 4. The van der Waals surface area contributed by atoms with E-state index in [0.717, 1.165) is 50.5 Å². The van der Waals surface area contributed by atoms with Gasteiger partial charge in [-0.2, -0.15) is 4.57 Å². The summed E-state index contributed by atoms with van der Waals surface area (Å²) in [5.41, 5.74) is 4.43. The Balaban J connectivity index is 1.64. The molecule has 0 fully saturated rings. The molecule has 0 radical (unpaired) electrons. The number of oxazole rings is 1. The van der Waals surface area contributed by atoms with Gasteiger partial charge in [-0.1, -0.05) is 48.6 Å². The SMILES string of the molecule is CC[n+]1ccc(C=CC=c2oc(=O)c(=CC=C3C=CN(C)c4ccccc43)n2N(C)S(C)(=O)=O)c2ccccc21. The molecule has 0 saturated heterocycles. The van der Waals surface area contributed by atoms with E-state index < -0.39 is 15.6 Å². The molecule has 0 aliphatic carbocycles. The molecule has 0 unspecified atom stereocenters. The van der Waals surface area contributed by atoms with Crippen molar-refractivity contribution in [3.8, 4) is 0 Å². The molecule has 0 bridgehead atoms. The van der Waals surface area contributed by atoms with Crippen LogP contribution in [0.5, 0.6) is 0 Å². The topological polar surface area (TPSA) is 79.6 Å². The van der Waals surface area contributed by atoms with E-state index >= 15 is 0 Å². The van der Waals surface area contributed by atoms with Crippen molar-refractivity contribution >= 4 is 50.4 Å². The Hall–Kier alpha value is -4.63. The zero-order valence-electron chi connectivity index (χ0n) is 22.9. The molecule has 0 saturated carbocycles. The van der Waals surface area contributed by atoms with Crippen molar-refractivity contribution < 1.29 is 17.4 Å². The molecule has 4 aromatic rings. The van der Waals surface area contributed by atoms with E-state index in [1.165, 1.54) is 11.7 Å². The van der Waals surface area contributed by atoms with Gasteiger partial charge >= 0.3 is 5.63 Å². The van der Waals surface area contributed by atoms with Crippen LogP contribution in [0.25, 0.3) is 34.7 Å². The molecule has 1 aliphatic rings. The number of rotatable bonds is 6. The quantitative estimate of drug-likeness (QED) is 0.342. The lowest BCUT2D eigenvalue weighted by molar-refractivity contribution is -0.667. The molecule has 2 aromatic heterocycles. The molecule has 3 heterocycles. The first-order valence-electron chi connectivity index (χ1n) is 12.9. The molecule has 40 heavy (non-hydrogen) atoms. The fourth-order valence-electron chi connectivity index (χ4n) is 4.74. The van der Waals surface area contributed by atoms with Crippen molar-refractivity contribution in [2.45, 2.75) is 13.5 Å². The highest BCUT2D eigenvalue weighted by Gasteiger charge is 2.18. The molecule has 0 spiro atoms. The molecule has 0 amide bonds. The van der Waals surface area contributed by atoms with E-state index in [9.17, 15) is 13.2 Å². The maximum Gasteiger partial charge on any atom is 0.363 e. The highest BCUT2D eigenvalue weighted by atomic mass is 32.2. The van der Waals surface area contributed by atoms with Crippen LogP contribution in [0, 0.1) is 0 Å². The summed E-state index contributed by atoms with van der Waals surface area (Å²) in [6, 6.07) is 18.1. The second-order valence-corrected chi connectivity index (χ2v) is 11.4. The Kier molecular flexibility index (Phi) is 7.32. The fraction of sp³-hybridized carbons (Fsp3) is 0.161. The first-order valence-corrected chi connectivity index (χ1v) is 14.7. The maximum absolute atomic E-state index is 13.0. The number of para-hydroxylation sites is 2. The van der Waals surface area contributed by atoms with Crippen molar-refractivity contribution in [2.24, 2.45) is 0 Å². The van der Waals surface area contributed by atoms with E-state index in [0.29, 0.717) is 0 Å². The van der Waals surface area contributed by atoms with Gasteiger partial charge in [-0.25, -0.2) is 22.3 Å². The van der Waals surface area contributed by atoms with Crippen molar-refractivity contribution in [1.29, 1.82) is 0 Å². The van der Waals surface area contributed by atoms with E-state index in [2.05, 4.69) is 23.6 Å². The second-order valence-electron chi connectivity index (χ2n) is 9.45. The molecule has 5 rings (SSSR count). The zero-order chi connectivity index (χ0) is 28.4. The van der Waals surface area contributed by atoms with Crippen molar-refractivity contribution in [3.05, 3.63) is 118 Å². The largest absolute Gasteiger partial charge is 0.403 e. The maximum atomic E-state index is 13.0. The summed E-state index contributed by atoms with van der Waals surface area (Å²) in [5.74, 6) is 0. The highest BCUT2D eigenvalue weighted by Crippen LogP contribution is 2.31. The molecule has 1 aliphatic heterocycles. The molecule has 0 N–H and O–H groups in total. The predicted octanol–water partition coefficient (Wildman–Crippen LogP) is 2.75. The third-order valence-corrected chi connectivity index (χ3v) is 8.04. The Morgan fingerprint density at radius 1 is 1.02 bits per heavy atom. The molecule has 2 aromatic carbocycles. The lowest BCUT2D eigenvalue weighted by Gasteiger charge is -2.23. The monoisotopic (exact) mass is 555 g/mol. The van der Waals surface area contributed by atoms with Gasteiger partial charge in [-0.3, -0.25) is 0 Å². The van der Waals surface area contributed by atoms with Gasteiger partial charge < -0.3 is 9.32 Å². The summed E-state index contributed by atoms with van der Waals surface area (Å²) in [6.45, 7) is 2.94. The number of fused-ring (bicyclic) bond motifs is 2. The van der Waals surface area contributed by atoms with Crippen LogP contribution in [0.3, 0.4) is 0 Å². The Morgan fingerprint density at radius 2 is 1.77 bits per heavy atom. The van der Waals surface area contributed by atoms with Crippen LogP contribution in [-0.4, -0.2) is 33.4 Å². The van der Waals surface area contributed by atoms with E-state index in [4.69, 9.17) is 4.42 Å². The smallest absolute Gasteiger partial charge is 0.363 e. The molecular formula is C31H31N4O4S+.